The van der Waals surface area contributed by atoms with Gasteiger partial charge >= 0.3 is 65.4 Å². The molecule has 0 aliphatic carbocycles. The summed E-state index contributed by atoms with van der Waals surface area (Å²) in [6.07, 6.45) is 2.87. The Hall–Kier alpha value is -4.16. The molecule has 2 N–H and O–H groups in total. The van der Waals surface area contributed by atoms with E-state index >= 15 is 0 Å². The van der Waals surface area contributed by atoms with Crippen LogP contribution in [0, 0.1) is 0 Å². The minimum atomic E-state index is -1.01. The fraction of sp³-hybridized carbons (Fsp3) is 0.686. The van der Waals surface area contributed by atoms with Gasteiger partial charge in [-0.3, -0.25) is 58.5 Å². The second kappa shape index (κ2) is 31.0. The molecule has 21 nitrogen and oxygen atoms in total. The van der Waals surface area contributed by atoms with Gasteiger partial charge in [0, 0.05) is 104 Å². The zero-order chi connectivity index (χ0) is 53.2. The third kappa shape index (κ3) is 29.5. The fourth-order valence-corrected chi connectivity index (χ4v) is 7.40. The standard InChI is InChI=1S/C26H42N4O6.C25H40N4O6.Na.H2O/c1-25(2,3)35-22(31)18-29-12-10-28(17-21-9-8-20(16-27-21)24(33)34-7)11-13-30(15-14-29)19-23(32)36-26(4,5)6;1-24(2,3)34-21(30)17-28-11-9-27(16-20-8-7-19(15-26-20)23(32)33)10-12-29(14-13-28)18-22(31)35-25(4,5)6;;/h8-9,16H,10-15,17-19H2,1-7H3;7-8,15H,9-14,16-18H2,1-6H3,(H,32,33);;1H2/q;;+1;/p-1. The Morgan fingerprint density at radius 3 is 0.904 bits per heavy atom. The summed E-state index contributed by atoms with van der Waals surface area (Å²) in [6.45, 7) is 31.9. The van der Waals surface area contributed by atoms with Gasteiger partial charge in [0.05, 0.1) is 55.8 Å². The van der Waals surface area contributed by atoms with Gasteiger partial charge in [-0.25, -0.2) is 9.59 Å². The van der Waals surface area contributed by atoms with Gasteiger partial charge in [-0.05, 0) is 107 Å². The molecular formula is C51H83N8NaO13. The molecule has 0 aromatic carbocycles. The Balaban J connectivity index is 0.000000711. The summed E-state index contributed by atoms with van der Waals surface area (Å²) in [5.41, 5.74) is -0.0893. The maximum Gasteiger partial charge on any atom is 1.00 e. The number of rotatable bonds is 14. The molecule has 0 atom stereocenters. The number of ether oxygens (including phenoxy) is 5. The number of aromatic nitrogens is 2. The first-order chi connectivity index (χ1) is 32.9. The summed E-state index contributed by atoms with van der Waals surface area (Å²) >= 11 is 0. The maximum absolute atomic E-state index is 12.5. The van der Waals surface area contributed by atoms with Crippen LogP contribution < -0.4 is 29.6 Å². The van der Waals surface area contributed by atoms with Crippen LogP contribution in [0.15, 0.2) is 36.7 Å². The van der Waals surface area contributed by atoms with E-state index in [4.69, 9.17) is 28.8 Å². The summed E-state index contributed by atoms with van der Waals surface area (Å²) in [7, 11) is 1.34. The summed E-state index contributed by atoms with van der Waals surface area (Å²) < 4.78 is 26.8. The second-order valence-electron chi connectivity index (χ2n) is 21.9. The van der Waals surface area contributed by atoms with Crippen LogP contribution in [-0.4, -0.2) is 220 Å². The number of nitrogens with zero attached hydrogens (tertiary/aromatic N) is 8. The summed E-state index contributed by atoms with van der Waals surface area (Å²) in [5.74, 6) is -2.55. The molecular weight excluding hydrogens is 956 g/mol. The number of carbonyl (C=O) groups excluding carboxylic acids is 5. The van der Waals surface area contributed by atoms with Gasteiger partial charge in [-0.15, -0.1) is 0 Å². The normalized spacial score (nSPS) is 16.6. The molecule has 73 heavy (non-hydrogen) atoms. The fourth-order valence-electron chi connectivity index (χ4n) is 7.40. The van der Waals surface area contributed by atoms with Crippen molar-refractivity contribution in [3.63, 3.8) is 0 Å². The number of methoxy groups -OCH3 is 1. The van der Waals surface area contributed by atoms with Crippen molar-refractivity contribution in [3.05, 3.63) is 59.2 Å². The molecule has 0 radical (unpaired) electrons. The minimum Gasteiger partial charge on any atom is -0.870 e. The van der Waals surface area contributed by atoms with E-state index in [1.54, 1.807) is 18.2 Å². The zero-order valence-corrected chi connectivity index (χ0v) is 48.2. The molecule has 2 aromatic heterocycles. The Morgan fingerprint density at radius 1 is 0.452 bits per heavy atom. The van der Waals surface area contributed by atoms with E-state index in [1.165, 1.54) is 19.5 Å². The maximum atomic E-state index is 12.5. The molecule has 2 aliphatic rings. The molecule has 4 heterocycles. The van der Waals surface area contributed by atoms with E-state index in [0.717, 1.165) is 11.4 Å². The number of hydrogen-bond acceptors (Lipinski definition) is 20. The van der Waals surface area contributed by atoms with E-state index in [2.05, 4.69) is 29.6 Å². The van der Waals surface area contributed by atoms with Gasteiger partial charge in [-0.2, -0.15) is 0 Å². The molecule has 406 valence electrons. The van der Waals surface area contributed by atoms with Crippen LogP contribution in [0.1, 0.15) is 115 Å². The molecule has 22 heteroatoms. The molecule has 2 fully saturated rings. The Morgan fingerprint density at radius 2 is 0.699 bits per heavy atom. The third-order valence-corrected chi connectivity index (χ3v) is 10.6. The Kier molecular flexibility index (Phi) is 28.4. The van der Waals surface area contributed by atoms with Crippen molar-refractivity contribution in [2.45, 2.75) is 119 Å². The average molecular weight is 1040 g/mol. The number of carbonyl (C=O) groups is 6. The quantitative estimate of drug-likeness (QED) is 0.155. The van der Waals surface area contributed by atoms with Gasteiger partial charge in [0.25, 0.3) is 0 Å². The predicted octanol–water partition coefficient (Wildman–Crippen LogP) is 0.681. The monoisotopic (exact) mass is 1040 g/mol. The van der Waals surface area contributed by atoms with Crippen LogP contribution in [0.25, 0.3) is 0 Å². The van der Waals surface area contributed by atoms with Crippen LogP contribution in [0.5, 0.6) is 0 Å². The average Bonchev–Trinajstić information content (AvgIpc) is 3.37. The largest absolute Gasteiger partial charge is 1.00 e. The smallest absolute Gasteiger partial charge is 0.870 e. The van der Waals surface area contributed by atoms with Gasteiger partial charge in [0.2, 0.25) is 0 Å². The number of carboxylic acids is 1. The van der Waals surface area contributed by atoms with Crippen LogP contribution in [-0.2, 0) is 56.0 Å². The summed E-state index contributed by atoms with van der Waals surface area (Å²) in [6, 6.07) is 6.78. The molecule has 2 aromatic rings. The zero-order valence-electron chi connectivity index (χ0n) is 46.2. The topological polar surface area (TPSA) is 244 Å². The van der Waals surface area contributed by atoms with E-state index in [0.29, 0.717) is 97.2 Å². The molecule has 2 saturated heterocycles. The van der Waals surface area contributed by atoms with Gasteiger partial charge in [0.15, 0.2) is 0 Å². The first-order valence-corrected chi connectivity index (χ1v) is 24.4. The summed E-state index contributed by atoms with van der Waals surface area (Å²) in [5, 5.41) is 9.10. The molecule has 4 rings (SSSR count). The van der Waals surface area contributed by atoms with Crippen molar-refractivity contribution in [2.24, 2.45) is 0 Å². The molecule has 0 unspecified atom stereocenters. The third-order valence-electron chi connectivity index (χ3n) is 10.6. The molecule has 2 aliphatic heterocycles. The van der Waals surface area contributed by atoms with E-state index in [1.807, 2.05) is 99.0 Å². The minimum absolute atomic E-state index is 0. The van der Waals surface area contributed by atoms with E-state index in [9.17, 15) is 28.8 Å². The van der Waals surface area contributed by atoms with Crippen molar-refractivity contribution < 1.29 is 92.6 Å². The van der Waals surface area contributed by atoms with Gasteiger partial charge in [-0.1, -0.05) is 0 Å². The van der Waals surface area contributed by atoms with Crippen LogP contribution in [0.3, 0.4) is 0 Å². The molecule has 0 saturated carbocycles. The first kappa shape index (κ1) is 66.9. The Labute approximate surface area is 455 Å². The number of esters is 5. The number of carboxylic acid groups (broad SMARTS) is 1. The van der Waals surface area contributed by atoms with Crippen LogP contribution >= 0.6 is 0 Å². The second-order valence-corrected chi connectivity index (χ2v) is 21.9. The van der Waals surface area contributed by atoms with Crippen molar-refractivity contribution in [3.8, 4) is 0 Å². The van der Waals surface area contributed by atoms with E-state index in [-0.39, 0.29) is 90.7 Å². The van der Waals surface area contributed by atoms with Crippen molar-refractivity contribution >= 4 is 35.8 Å². The first-order valence-electron chi connectivity index (χ1n) is 24.4. The predicted molar refractivity (Wildman–Crippen MR) is 268 cm³/mol. The van der Waals surface area contributed by atoms with Crippen molar-refractivity contribution in [1.82, 2.24) is 39.4 Å². The number of aromatic carboxylic acids is 1. The van der Waals surface area contributed by atoms with Crippen LogP contribution in [0.2, 0.25) is 0 Å². The number of hydrogen-bond donors (Lipinski definition) is 1. The number of pyridine rings is 2. The van der Waals surface area contributed by atoms with Gasteiger partial charge in [0.1, 0.15) is 22.4 Å². The van der Waals surface area contributed by atoms with Crippen molar-refractivity contribution in [2.75, 3.05) is 112 Å². The molecule has 0 spiro atoms. The Bertz CT molecular complexity index is 1950. The van der Waals surface area contributed by atoms with Crippen LogP contribution in [0.4, 0.5) is 0 Å². The molecule has 0 bridgehead atoms. The van der Waals surface area contributed by atoms with E-state index < -0.39 is 34.3 Å². The summed E-state index contributed by atoms with van der Waals surface area (Å²) in [4.78, 5) is 94.1. The van der Waals surface area contributed by atoms with Gasteiger partial charge < -0.3 is 34.3 Å². The molecule has 0 amide bonds. The SMILES string of the molecule is CC(C)(C)OC(=O)CN1CCN(CC(=O)OC(C)(C)C)CCN(Cc2ccc(C(=O)O)cn2)CC1.COC(=O)c1ccc(CN2CCN(CC(=O)OC(C)(C)C)CCN(CC(=O)OC(C)(C)C)CC2)nc1.[Na+].[OH-]. The van der Waals surface area contributed by atoms with Crippen molar-refractivity contribution in [1.29, 1.82) is 0 Å².